The predicted molar refractivity (Wildman–Crippen MR) is 67.8 cm³/mol. The molecule has 0 saturated carbocycles. The Bertz CT molecular complexity index is 474. The van der Waals surface area contributed by atoms with Crippen LogP contribution in [0.15, 0.2) is 18.3 Å². The topological polar surface area (TPSA) is 89.3 Å². The van der Waals surface area contributed by atoms with Crippen molar-refractivity contribution in [1.29, 1.82) is 5.26 Å². The van der Waals surface area contributed by atoms with Crippen LogP contribution in [0.5, 0.6) is 0 Å². The van der Waals surface area contributed by atoms with Crippen LogP contribution >= 0.6 is 12.4 Å². The zero-order valence-corrected chi connectivity index (χ0v) is 10.4. The average molecular weight is 269 g/mol. The van der Waals surface area contributed by atoms with E-state index in [9.17, 15) is 4.79 Å². The van der Waals surface area contributed by atoms with E-state index >= 15 is 0 Å². The van der Waals surface area contributed by atoms with Crippen molar-refractivity contribution in [1.82, 2.24) is 10.3 Å². The Labute approximate surface area is 111 Å². The summed E-state index contributed by atoms with van der Waals surface area (Å²) >= 11 is 0. The maximum absolute atomic E-state index is 11.1. The molecule has 7 heteroatoms. The van der Waals surface area contributed by atoms with E-state index in [1.165, 1.54) is 0 Å². The predicted octanol–water partition coefficient (Wildman–Crippen LogP) is 0.238. The molecule has 1 unspecified atom stereocenters. The number of piperazine rings is 1. The molecular formula is C11H13ClN4O2. The van der Waals surface area contributed by atoms with Gasteiger partial charge in [0.25, 0.3) is 0 Å². The van der Waals surface area contributed by atoms with Crippen LogP contribution in [0.3, 0.4) is 0 Å². The van der Waals surface area contributed by atoms with Crippen LogP contribution in [-0.2, 0) is 4.79 Å². The van der Waals surface area contributed by atoms with Crippen molar-refractivity contribution in [3.05, 3.63) is 23.9 Å². The standard InChI is InChI=1S/C11H12N4O2.ClH/c12-6-8-2-1-3-14-10(8)15-5-4-13-7-9(15)11(16)17;/h1-3,9,13H,4-5,7H2,(H,16,17);1H. The highest BCUT2D eigenvalue weighted by Crippen LogP contribution is 2.19. The van der Waals surface area contributed by atoms with Crippen molar-refractivity contribution in [3.8, 4) is 6.07 Å². The van der Waals surface area contributed by atoms with Crippen molar-refractivity contribution >= 4 is 24.2 Å². The molecule has 0 radical (unpaired) electrons. The highest BCUT2D eigenvalue weighted by Gasteiger charge is 2.30. The number of pyridine rings is 1. The maximum Gasteiger partial charge on any atom is 0.327 e. The first kappa shape index (κ1) is 14.2. The third kappa shape index (κ3) is 2.70. The van der Waals surface area contributed by atoms with E-state index in [0.29, 0.717) is 31.0 Å². The van der Waals surface area contributed by atoms with Crippen LogP contribution in [0, 0.1) is 11.3 Å². The number of anilines is 1. The van der Waals surface area contributed by atoms with Gasteiger partial charge in [0.15, 0.2) is 0 Å². The lowest BCUT2D eigenvalue weighted by Gasteiger charge is -2.34. The molecule has 0 spiro atoms. The first-order chi connectivity index (χ1) is 8.24. The average Bonchev–Trinajstić information content (AvgIpc) is 2.38. The van der Waals surface area contributed by atoms with E-state index in [0.717, 1.165) is 0 Å². The monoisotopic (exact) mass is 268 g/mol. The molecule has 0 bridgehead atoms. The van der Waals surface area contributed by atoms with Gasteiger partial charge in [-0.2, -0.15) is 5.26 Å². The van der Waals surface area contributed by atoms with E-state index in [2.05, 4.69) is 10.3 Å². The first-order valence-corrected chi connectivity index (χ1v) is 5.29. The highest BCUT2D eigenvalue weighted by molar-refractivity contribution is 5.85. The Balaban J connectivity index is 0.00000162. The Morgan fingerprint density at radius 3 is 3.11 bits per heavy atom. The lowest BCUT2D eigenvalue weighted by atomic mass is 10.1. The van der Waals surface area contributed by atoms with Gasteiger partial charge in [0.05, 0.1) is 5.56 Å². The van der Waals surface area contributed by atoms with Crippen LogP contribution in [0.25, 0.3) is 0 Å². The Hall–Kier alpha value is -1.84. The Morgan fingerprint density at radius 1 is 1.67 bits per heavy atom. The minimum absolute atomic E-state index is 0. The molecule has 0 amide bonds. The number of hydrogen-bond donors (Lipinski definition) is 2. The molecule has 6 nitrogen and oxygen atoms in total. The van der Waals surface area contributed by atoms with Crippen molar-refractivity contribution in [2.75, 3.05) is 24.5 Å². The zero-order valence-electron chi connectivity index (χ0n) is 9.54. The normalized spacial score (nSPS) is 18.6. The minimum Gasteiger partial charge on any atom is -0.480 e. The van der Waals surface area contributed by atoms with Gasteiger partial charge in [-0.05, 0) is 12.1 Å². The summed E-state index contributed by atoms with van der Waals surface area (Å²) in [5.41, 5.74) is 0.403. The van der Waals surface area contributed by atoms with Gasteiger partial charge in [0.1, 0.15) is 17.9 Å². The van der Waals surface area contributed by atoms with Crippen LogP contribution in [0.1, 0.15) is 5.56 Å². The molecule has 1 atom stereocenters. The second-order valence-electron chi connectivity index (χ2n) is 3.74. The summed E-state index contributed by atoms with van der Waals surface area (Å²) in [4.78, 5) is 16.9. The van der Waals surface area contributed by atoms with E-state index in [1.54, 1.807) is 23.2 Å². The van der Waals surface area contributed by atoms with Gasteiger partial charge >= 0.3 is 5.97 Å². The van der Waals surface area contributed by atoms with Crippen molar-refractivity contribution in [2.24, 2.45) is 0 Å². The zero-order chi connectivity index (χ0) is 12.3. The summed E-state index contributed by atoms with van der Waals surface area (Å²) in [5, 5.41) is 21.2. The lowest BCUT2D eigenvalue weighted by molar-refractivity contribution is -0.138. The van der Waals surface area contributed by atoms with Crippen molar-refractivity contribution in [3.63, 3.8) is 0 Å². The van der Waals surface area contributed by atoms with Crippen LogP contribution in [-0.4, -0.2) is 41.7 Å². The summed E-state index contributed by atoms with van der Waals surface area (Å²) in [5.74, 6) is -0.462. The number of carboxylic acid groups (broad SMARTS) is 1. The number of nitriles is 1. The van der Waals surface area contributed by atoms with E-state index in [4.69, 9.17) is 10.4 Å². The van der Waals surface area contributed by atoms with Gasteiger partial charge in [-0.15, -0.1) is 12.4 Å². The summed E-state index contributed by atoms with van der Waals surface area (Å²) < 4.78 is 0. The summed E-state index contributed by atoms with van der Waals surface area (Å²) in [6.07, 6.45) is 1.57. The fraction of sp³-hybridized carbons (Fsp3) is 0.364. The SMILES string of the molecule is Cl.N#Cc1cccnc1N1CCNCC1C(=O)O. The van der Waals surface area contributed by atoms with Gasteiger partial charge in [0, 0.05) is 25.8 Å². The summed E-state index contributed by atoms with van der Waals surface area (Å²) in [6, 6.07) is 4.67. The molecule has 1 aromatic heterocycles. The van der Waals surface area contributed by atoms with Gasteiger partial charge in [-0.1, -0.05) is 0 Å². The van der Waals surface area contributed by atoms with Crippen molar-refractivity contribution < 1.29 is 9.90 Å². The van der Waals surface area contributed by atoms with Gasteiger partial charge in [-0.25, -0.2) is 9.78 Å². The van der Waals surface area contributed by atoms with E-state index in [-0.39, 0.29) is 12.4 Å². The molecule has 1 saturated heterocycles. The largest absolute Gasteiger partial charge is 0.480 e. The number of nitrogens with one attached hydrogen (secondary N) is 1. The number of hydrogen-bond acceptors (Lipinski definition) is 5. The van der Waals surface area contributed by atoms with Crippen LogP contribution in [0.2, 0.25) is 0 Å². The molecule has 1 aliphatic rings. The molecule has 2 N–H and O–H groups in total. The van der Waals surface area contributed by atoms with Crippen LogP contribution < -0.4 is 10.2 Å². The number of halogens is 1. The second kappa shape index (κ2) is 6.19. The smallest absolute Gasteiger partial charge is 0.327 e. The fourth-order valence-corrected chi connectivity index (χ4v) is 1.89. The molecule has 18 heavy (non-hydrogen) atoms. The number of aliphatic carboxylic acids is 1. The van der Waals surface area contributed by atoms with E-state index in [1.807, 2.05) is 6.07 Å². The molecule has 2 rings (SSSR count). The third-order valence-electron chi connectivity index (χ3n) is 2.71. The number of aromatic nitrogens is 1. The molecule has 0 aliphatic carbocycles. The van der Waals surface area contributed by atoms with Crippen molar-refractivity contribution in [2.45, 2.75) is 6.04 Å². The summed E-state index contributed by atoms with van der Waals surface area (Å²) in [7, 11) is 0. The number of nitrogens with zero attached hydrogens (tertiary/aromatic N) is 3. The highest BCUT2D eigenvalue weighted by atomic mass is 35.5. The lowest BCUT2D eigenvalue weighted by Crippen LogP contribution is -2.55. The second-order valence-corrected chi connectivity index (χ2v) is 3.74. The molecule has 1 aliphatic heterocycles. The number of rotatable bonds is 2. The van der Waals surface area contributed by atoms with E-state index < -0.39 is 12.0 Å². The minimum atomic E-state index is -0.910. The molecule has 0 aromatic carbocycles. The third-order valence-corrected chi connectivity index (χ3v) is 2.71. The molecule has 1 fully saturated rings. The fourth-order valence-electron chi connectivity index (χ4n) is 1.89. The Morgan fingerprint density at radius 2 is 2.44 bits per heavy atom. The van der Waals surface area contributed by atoms with Crippen LogP contribution in [0.4, 0.5) is 5.82 Å². The quantitative estimate of drug-likeness (QED) is 0.799. The Kier molecular flexibility index (Phi) is 4.89. The van der Waals surface area contributed by atoms with Gasteiger partial charge in [-0.3, -0.25) is 0 Å². The van der Waals surface area contributed by atoms with Gasteiger partial charge < -0.3 is 15.3 Å². The molecular weight excluding hydrogens is 256 g/mol. The number of carboxylic acids is 1. The number of carbonyl (C=O) groups is 1. The first-order valence-electron chi connectivity index (χ1n) is 5.29. The van der Waals surface area contributed by atoms with Gasteiger partial charge in [0.2, 0.25) is 0 Å². The molecule has 1 aromatic rings. The maximum atomic E-state index is 11.1. The molecule has 2 heterocycles. The molecule has 96 valence electrons. The summed E-state index contributed by atoms with van der Waals surface area (Å²) in [6.45, 7) is 1.57.